The largest absolute Gasteiger partial charge is 0.322 e. The molecule has 0 saturated carbocycles. The van der Waals surface area contributed by atoms with Crippen LogP contribution in [0.5, 0.6) is 0 Å². The molecule has 4 nitrogen and oxygen atoms in total. The highest BCUT2D eigenvalue weighted by atomic mass is 15.4. The Morgan fingerprint density at radius 1 is 1.22 bits per heavy atom. The van der Waals surface area contributed by atoms with Crippen LogP contribution < -0.4 is 5.73 Å². The van der Waals surface area contributed by atoms with Gasteiger partial charge in [0.15, 0.2) is 0 Å². The first kappa shape index (κ1) is 12.8. The van der Waals surface area contributed by atoms with Crippen LogP contribution in [0.1, 0.15) is 34.0 Å². The number of hydrogen-bond donors (Lipinski definition) is 1. The van der Waals surface area contributed by atoms with Gasteiger partial charge in [-0.2, -0.15) is 0 Å². The van der Waals surface area contributed by atoms with Crippen molar-refractivity contribution in [3.8, 4) is 0 Å². The highest BCUT2D eigenvalue weighted by Gasteiger charge is 2.13. The molecule has 1 aromatic carbocycles. The molecule has 96 valence electrons. The molecule has 1 aromatic heterocycles. The van der Waals surface area contributed by atoms with E-state index >= 15 is 0 Å². The van der Waals surface area contributed by atoms with E-state index in [1.165, 1.54) is 22.3 Å². The summed E-state index contributed by atoms with van der Waals surface area (Å²) in [6.45, 7) is 6.39. The quantitative estimate of drug-likeness (QED) is 0.898. The topological polar surface area (TPSA) is 56.7 Å². The molecule has 0 saturated heterocycles. The Hall–Kier alpha value is -1.68. The van der Waals surface area contributed by atoms with Gasteiger partial charge in [0.25, 0.3) is 0 Å². The van der Waals surface area contributed by atoms with Gasteiger partial charge in [-0.1, -0.05) is 22.9 Å². The summed E-state index contributed by atoms with van der Waals surface area (Å²) in [4.78, 5) is 0. The van der Waals surface area contributed by atoms with Gasteiger partial charge in [0.05, 0.1) is 11.7 Å². The summed E-state index contributed by atoms with van der Waals surface area (Å²) in [7, 11) is 1.85. The maximum Gasteiger partial charge on any atom is 0.0997 e. The van der Waals surface area contributed by atoms with E-state index in [-0.39, 0.29) is 6.04 Å². The van der Waals surface area contributed by atoms with Crippen LogP contribution in [0.15, 0.2) is 18.3 Å². The highest BCUT2D eigenvalue weighted by molar-refractivity contribution is 5.38. The molecule has 1 atom stereocenters. The van der Waals surface area contributed by atoms with Gasteiger partial charge >= 0.3 is 0 Å². The van der Waals surface area contributed by atoms with Gasteiger partial charge in [-0.15, -0.1) is 5.10 Å². The van der Waals surface area contributed by atoms with Gasteiger partial charge in [0.2, 0.25) is 0 Å². The van der Waals surface area contributed by atoms with Gasteiger partial charge in [0, 0.05) is 13.2 Å². The van der Waals surface area contributed by atoms with Crippen molar-refractivity contribution in [3.05, 3.63) is 46.3 Å². The van der Waals surface area contributed by atoms with E-state index in [2.05, 4.69) is 43.2 Å². The smallest absolute Gasteiger partial charge is 0.0997 e. The molecule has 0 aliphatic heterocycles. The molecule has 4 heteroatoms. The van der Waals surface area contributed by atoms with Crippen molar-refractivity contribution >= 4 is 0 Å². The Labute approximate surface area is 108 Å². The van der Waals surface area contributed by atoms with E-state index in [1.54, 1.807) is 4.68 Å². The van der Waals surface area contributed by atoms with E-state index in [9.17, 15) is 0 Å². The van der Waals surface area contributed by atoms with Gasteiger partial charge < -0.3 is 5.73 Å². The van der Waals surface area contributed by atoms with Crippen molar-refractivity contribution in [2.45, 2.75) is 33.2 Å². The van der Waals surface area contributed by atoms with E-state index in [4.69, 9.17) is 5.73 Å². The molecule has 0 radical (unpaired) electrons. The fourth-order valence-corrected chi connectivity index (χ4v) is 2.39. The van der Waals surface area contributed by atoms with Crippen LogP contribution in [0.2, 0.25) is 0 Å². The number of aromatic nitrogens is 3. The molecule has 2 rings (SSSR count). The maximum absolute atomic E-state index is 6.20. The standard InChI is InChI=1S/C14H20N4/c1-9-5-10(2)12(11(3)6-9)7-13(15)14-8-18(4)17-16-14/h5-6,8,13H,7,15H2,1-4H3. The summed E-state index contributed by atoms with van der Waals surface area (Å²) in [6.07, 6.45) is 2.68. The zero-order valence-corrected chi connectivity index (χ0v) is 11.4. The zero-order chi connectivity index (χ0) is 13.3. The van der Waals surface area contributed by atoms with Crippen LogP contribution in [0.3, 0.4) is 0 Å². The lowest BCUT2D eigenvalue weighted by Gasteiger charge is -2.14. The molecule has 2 N–H and O–H groups in total. The minimum atomic E-state index is -0.0983. The fourth-order valence-electron chi connectivity index (χ4n) is 2.39. The third kappa shape index (κ3) is 2.59. The normalized spacial score (nSPS) is 12.7. The first-order chi connectivity index (χ1) is 8.47. The summed E-state index contributed by atoms with van der Waals surface area (Å²) < 4.78 is 1.68. The van der Waals surface area contributed by atoms with E-state index in [0.717, 1.165) is 12.1 Å². The second kappa shape index (κ2) is 4.90. The average molecular weight is 244 g/mol. The Kier molecular flexibility index (Phi) is 3.48. The minimum Gasteiger partial charge on any atom is -0.322 e. The second-order valence-electron chi connectivity index (χ2n) is 5.00. The van der Waals surface area contributed by atoms with Crippen molar-refractivity contribution in [2.75, 3.05) is 0 Å². The molecular formula is C14H20N4. The third-order valence-electron chi connectivity index (χ3n) is 3.26. The number of nitrogens with two attached hydrogens (primary N) is 1. The lowest BCUT2D eigenvalue weighted by Crippen LogP contribution is -2.15. The van der Waals surface area contributed by atoms with E-state index < -0.39 is 0 Å². The van der Waals surface area contributed by atoms with Gasteiger partial charge in [-0.3, -0.25) is 4.68 Å². The first-order valence-corrected chi connectivity index (χ1v) is 6.16. The Balaban J connectivity index is 2.24. The predicted molar refractivity (Wildman–Crippen MR) is 72.3 cm³/mol. The Bertz CT molecular complexity index is 534. The fraction of sp³-hybridized carbons (Fsp3) is 0.429. The van der Waals surface area contributed by atoms with Crippen molar-refractivity contribution in [1.29, 1.82) is 0 Å². The van der Waals surface area contributed by atoms with Crippen molar-refractivity contribution in [2.24, 2.45) is 12.8 Å². The molecule has 0 aliphatic rings. The molecule has 1 heterocycles. The lowest BCUT2D eigenvalue weighted by atomic mass is 9.94. The summed E-state index contributed by atoms with van der Waals surface area (Å²) in [5.41, 5.74) is 12.3. The minimum absolute atomic E-state index is 0.0983. The summed E-state index contributed by atoms with van der Waals surface area (Å²) >= 11 is 0. The molecule has 0 bridgehead atoms. The number of benzene rings is 1. The van der Waals surface area contributed by atoms with Crippen LogP contribution in [-0.4, -0.2) is 15.0 Å². The lowest BCUT2D eigenvalue weighted by molar-refractivity contribution is 0.679. The number of rotatable bonds is 3. The van der Waals surface area contributed by atoms with Gasteiger partial charge in [-0.05, 0) is 43.9 Å². The number of nitrogens with zero attached hydrogens (tertiary/aromatic N) is 3. The predicted octanol–water partition coefficient (Wildman–Crippen LogP) is 1.98. The summed E-state index contributed by atoms with van der Waals surface area (Å²) in [5.74, 6) is 0. The molecule has 18 heavy (non-hydrogen) atoms. The van der Waals surface area contributed by atoms with Crippen LogP contribution in [-0.2, 0) is 13.5 Å². The van der Waals surface area contributed by atoms with Crippen LogP contribution in [0, 0.1) is 20.8 Å². The highest BCUT2D eigenvalue weighted by Crippen LogP contribution is 2.21. The number of aryl methyl sites for hydroxylation is 4. The van der Waals surface area contributed by atoms with Gasteiger partial charge in [0.1, 0.15) is 0 Å². The maximum atomic E-state index is 6.20. The summed E-state index contributed by atoms with van der Waals surface area (Å²) in [5, 5.41) is 8.00. The Morgan fingerprint density at radius 3 is 2.33 bits per heavy atom. The summed E-state index contributed by atoms with van der Waals surface area (Å²) in [6, 6.07) is 4.30. The molecule has 0 spiro atoms. The zero-order valence-electron chi connectivity index (χ0n) is 11.4. The average Bonchev–Trinajstić information content (AvgIpc) is 2.70. The monoisotopic (exact) mass is 244 g/mol. The van der Waals surface area contributed by atoms with Crippen LogP contribution in [0.4, 0.5) is 0 Å². The molecule has 1 unspecified atom stereocenters. The van der Waals surface area contributed by atoms with E-state index in [1.807, 2.05) is 13.2 Å². The van der Waals surface area contributed by atoms with Gasteiger partial charge in [-0.25, -0.2) is 0 Å². The van der Waals surface area contributed by atoms with Crippen molar-refractivity contribution in [3.63, 3.8) is 0 Å². The van der Waals surface area contributed by atoms with Crippen LogP contribution >= 0.6 is 0 Å². The molecule has 0 aliphatic carbocycles. The second-order valence-corrected chi connectivity index (χ2v) is 5.00. The van der Waals surface area contributed by atoms with Crippen LogP contribution in [0.25, 0.3) is 0 Å². The van der Waals surface area contributed by atoms with Crippen molar-refractivity contribution < 1.29 is 0 Å². The van der Waals surface area contributed by atoms with E-state index in [0.29, 0.717) is 0 Å². The first-order valence-electron chi connectivity index (χ1n) is 6.16. The third-order valence-corrected chi connectivity index (χ3v) is 3.26. The molecular weight excluding hydrogens is 224 g/mol. The molecule has 0 amide bonds. The Morgan fingerprint density at radius 2 is 1.83 bits per heavy atom. The number of hydrogen-bond acceptors (Lipinski definition) is 3. The molecule has 0 fully saturated rings. The SMILES string of the molecule is Cc1cc(C)c(CC(N)c2cn(C)nn2)c(C)c1. The van der Waals surface area contributed by atoms with Crippen molar-refractivity contribution in [1.82, 2.24) is 15.0 Å². The molecule has 2 aromatic rings.